The standard InChI is InChI=1S/C27H34N2O6/c1-17(2)12-18(13-25(30)29-24(16-34-3)26(31)32)14-28-27(33)35-15-23-21-10-6-4-8-19(21)20-9-5-7-11-22(20)23/h4-11,17-18,23-24H,12-16H2,1-3H3,(H,28,33)(H,29,30)(H,31,32)/t18?,24-/m0/s1. The summed E-state index contributed by atoms with van der Waals surface area (Å²) in [6, 6.07) is 15.2. The van der Waals surface area contributed by atoms with Crippen molar-refractivity contribution in [3.05, 3.63) is 59.7 Å². The Morgan fingerprint density at radius 3 is 2.14 bits per heavy atom. The van der Waals surface area contributed by atoms with Crippen LogP contribution in [0.1, 0.15) is 43.7 Å². The second-order valence-electron chi connectivity index (χ2n) is 9.32. The number of fused-ring (bicyclic) bond motifs is 3. The molecule has 0 saturated heterocycles. The summed E-state index contributed by atoms with van der Waals surface area (Å²) >= 11 is 0. The number of aliphatic carboxylic acids is 1. The van der Waals surface area contributed by atoms with E-state index in [1.165, 1.54) is 7.11 Å². The van der Waals surface area contributed by atoms with Crippen LogP contribution in [0, 0.1) is 11.8 Å². The molecule has 0 radical (unpaired) electrons. The number of hydrogen-bond acceptors (Lipinski definition) is 5. The van der Waals surface area contributed by atoms with Gasteiger partial charge in [0.05, 0.1) is 6.61 Å². The van der Waals surface area contributed by atoms with Crippen LogP contribution in [0.2, 0.25) is 0 Å². The van der Waals surface area contributed by atoms with Gasteiger partial charge in [0.2, 0.25) is 5.91 Å². The predicted molar refractivity (Wildman–Crippen MR) is 132 cm³/mol. The van der Waals surface area contributed by atoms with Gasteiger partial charge in [-0.15, -0.1) is 0 Å². The number of carbonyl (C=O) groups is 3. The Labute approximate surface area is 206 Å². The van der Waals surface area contributed by atoms with Crippen LogP contribution < -0.4 is 10.6 Å². The van der Waals surface area contributed by atoms with Crippen LogP contribution in [-0.2, 0) is 19.1 Å². The van der Waals surface area contributed by atoms with Gasteiger partial charge in [0.25, 0.3) is 0 Å². The Kier molecular flexibility index (Phi) is 9.25. The summed E-state index contributed by atoms with van der Waals surface area (Å²) in [4.78, 5) is 36.2. The third kappa shape index (κ3) is 7.05. The summed E-state index contributed by atoms with van der Waals surface area (Å²) in [6.07, 6.45) is 0.248. The van der Waals surface area contributed by atoms with Gasteiger partial charge in [-0.1, -0.05) is 62.4 Å². The third-order valence-electron chi connectivity index (χ3n) is 6.12. The van der Waals surface area contributed by atoms with Gasteiger partial charge in [-0.25, -0.2) is 9.59 Å². The number of rotatable bonds is 12. The average Bonchev–Trinajstić information content (AvgIpc) is 3.14. The Bertz CT molecular complexity index is 992. The van der Waals surface area contributed by atoms with Crippen molar-refractivity contribution < 1.29 is 29.0 Å². The maximum absolute atomic E-state index is 12.5. The molecule has 35 heavy (non-hydrogen) atoms. The number of hydrogen-bond donors (Lipinski definition) is 3. The lowest BCUT2D eigenvalue weighted by molar-refractivity contribution is -0.143. The van der Waals surface area contributed by atoms with Crippen molar-refractivity contribution in [3.8, 4) is 11.1 Å². The van der Waals surface area contributed by atoms with E-state index in [4.69, 9.17) is 9.47 Å². The number of carboxylic acid groups (broad SMARTS) is 1. The normalized spacial score (nSPS) is 14.1. The fourth-order valence-electron chi connectivity index (χ4n) is 4.64. The fourth-order valence-corrected chi connectivity index (χ4v) is 4.64. The van der Waals surface area contributed by atoms with Gasteiger partial charge in [-0.05, 0) is 40.5 Å². The van der Waals surface area contributed by atoms with Crippen molar-refractivity contribution in [1.82, 2.24) is 10.6 Å². The van der Waals surface area contributed by atoms with Crippen molar-refractivity contribution in [3.63, 3.8) is 0 Å². The minimum absolute atomic E-state index is 0.0286. The molecule has 0 heterocycles. The van der Waals surface area contributed by atoms with Crippen molar-refractivity contribution in [1.29, 1.82) is 0 Å². The number of alkyl carbamates (subject to hydrolysis) is 1. The maximum Gasteiger partial charge on any atom is 0.407 e. The van der Waals surface area contributed by atoms with Crippen LogP contribution in [0.25, 0.3) is 11.1 Å². The van der Waals surface area contributed by atoms with Crippen LogP contribution >= 0.6 is 0 Å². The number of carboxylic acids is 1. The van der Waals surface area contributed by atoms with E-state index < -0.39 is 24.0 Å². The van der Waals surface area contributed by atoms with Crippen LogP contribution in [0.15, 0.2) is 48.5 Å². The summed E-state index contributed by atoms with van der Waals surface area (Å²) in [7, 11) is 1.38. The minimum Gasteiger partial charge on any atom is -0.480 e. The highest BCUT2D eigenvalue weighted by Gasteiger charge is 2.29. The molecular formula is C27H34N2O6. The Hall–Kier alpha value is -3.39. The first-order valence-corrected chi connectivity index (χ1v) is 11.9. The van der Waals surface area contributed by atoms with E-state index in [0.29, 0.717) is 12.3 Å². The highest BCUT2D eigenvalue weighted by molar-refractivity contribution is 5.84. The first-order valence-electron chi connectivity index (χ1n) is 11.9. The molecule has 0 aromatic heterocycles. The van der Waals surface area contributed by atoms with Gasteiger partial charge in [-0.3, -0.25) is 4.79 Å². The molecular weight excluding hydrogens is 448 g/mol. The second kappa shape index (κ2) is 12.4. The SMILES string of the molecule is COC[C@H](NC(=O)CC(CNC(=O)OCC1c2ccccc2-c2ccccc21)CC(C)C)C(=O)O. The van der Waals surface area contributed by atoms with Gasteiger partial charge < -0.3 is 25.2 Å². The number of carbonyl (C=O) groups excluding carboxylic acids is 2. The van der Waals surface area contributed by atoms with Crippen molar-refractivity contribution in [2.45, 2.75) is 38.6 Å². The van der Waals surface area contributed by atoms with Crippen LogP contribution in [0.4, 0.5) is 4.79 Å². The molecule has 8 nitrogen and oxygen atoms in total. The largest absolute Gasteiger partial charge is 0.480 e. The highest BCUT2D eigenvalue weighted by atomic mass is 16.5. The quantitative estimate of drug-likeness (QED) is 0.424. The maximum atomic E-state index is 12.5. The summed E-state index contributed by atoms with van der Waals surface area (Å²) in [6.45, 7) is 4.41. The molecule has 188 valence electrons. The van der Waals surface area contributed by atoms with Gasteiger partial charge in [0.15, 0.2) is 6.04 Å². The molecule has 2 amide bonds. The zero-order chi connectivity index (χ0) is 25.4. The Morgan fingerprint density at radius 2 is 1.60 bits per heavy atom. The van der Waals surface area contributed by atoms with E-state index in [0.717, 1.165) is 22.3 Å². The fraction of sp³-hybridized carbons (Fsp3) is 0.444. The number of nitrogens with one attached hydrogen (secondary N) is 2. The molecule has 0 fully saturated rings. The monoisotopic (exact) mass is 482 g/mol. The molecule has 1 aliphatic carbocycles. The van der Waals surface area contributed by atoms with E-state index in [2.05, 4.69) is 34.9 Å². The lowest BCUT2D eigenvalue weighted by Gasteiger charge is -2.21. The zero-order valence-corrected chi connectivity index (χ0v) is 20.5. The first kappa shape index (κ1) is 26.2. The van der Waals surface area contributed by atoms with Crippen molar-refractivity contribution in [2.75, 3.05) is 26.9 Å². The molecule has 0 aliphatic heterocycles. The molecule has 2 aromatic rings. The number of amides is 2. The Morgan fingerprint density at radius 1 is 1.00 bits per heavy atom. The number of methoxy groups -OCH3 is 1. The van der Waals surface area contributed by atoms with Crippen molar-refractivity contribution >= 4 is 18.0 Å². The number of benzene rings is 2. The van der Waals surface area contributed by atoms with Gasteiger partial charge in [0.1, 0.15) is 6.61 Å². The molecule has 2 atom stereocenters. The first-order chi connectivity index (χ1) is 16.8. The summed E-state index contributed by atoms with van der Waals surface area (Å²) < 4.78 is 10.4. The molecule has 0 spiro atoms. The minimum atomic E-state index is -1.16. The molecule has 2 aromatic carbocycles. The van der Waals surface area contributed by atoms with E-state index in [-0.39, 0.29) is 38.0 Å². The van der Waals surface area contributed by atoms with E-state index in [9.17, 15) is 19.5 Å². The lowest BCUT2D eigenvalue weighted by atomic mass is 9.93. The van der Waals surface area contributed by atoms with Gasteiger partial charge >= 0.3 is 12.1 Å². The molecule has 0 bridgehead atoms. The zero-order valence-electron chi connectivity index (χ0n) is 20.5. The molecule has 1 unspecified atom stereocenters. The van der Waals surface area contributed by atoms with Crippen LogP contribution in [0.5, 0.6) is 0 Å². The topological polar surface area (TPSA) is 114 Å². The third-order valence-corrected chi connectivity index (χ3v) is 6.12. The summed E-state index contributed by atoms with van der Waals surface area (Å²) in [5, 5.41) is 14.5. The molecule has 8 heteroatoms. The second-order valence-corrected chi connectivity index (χ2v) is 9.32. The number of ether oxygens (including phenoxy) is 2. The summed E-state index contributed by atoms with van der Waals surface area (Å²) in [5.41, 5.74) is 4.60. The van der Waals surface area contributed by atoms with Crippen molar-refractivity contribution in [2.24, 2.45) is 11.8 Å². The predicted octanol–water partition coefficient (Wildman–Crippen LogP) is 3.79. The molecule has 3 rings (SSSR count). The van der Waals surface area contributed by atoms with E-state index in [1.807, 2.05) is 38.1 Å². The Balaban J connectivity index is 1.55. The average molecular weight is 483 g/mol. The highest BCUT2D eigenvalue weighted by Crippen LogP contribution is 2.44. The summed E-state index contributed by atoms with van der Waals surface area (Å²) in [5.74, 6) is -1.44. The van der Waals surface area contributed by atoms with Gasteiger partial charge in [0, 0.05) is 26.0 Å². The van der Waals surface area contributed by atoms with Gasteiger partial charge in [-0.2, -0.15) is 0 Å². The van der Waals surface area contributed by atoms with Crippen LogP contribution in [0.3, 0.4) is 0 Å². The van der Waals surface area contributed by atoms with E-state index in [1.54, 1.807) is 0 Å². The lowest BCUT2D eigenvalue weighted by Crippen LogP contribution is -2.45. The molecule has 3 N–H and O–H groups in total. The van der Waals surface area contributed by atoms with E-state index >= 15 is 0 Å². The smallest absolute Gasteiger partial charge is 0.407 e. The molecule has 1 aliphatic rings. The molecule has 0 saturated carbocycles. The van der Waals surface area contributed by atoms with Crippen LogP contribution in [-0.4, -0.2) is 56.0 Å².